The van der Waals surface area contributed by atoms with Gasteiger partial charge in [0.05, 0.1) is 17.7 Å². The lowest BCUT2D eigenvalue weighted by Crippen LogP contribution is -2.01. The van der Waals surface area contributed by atoms with Crippen molar-refractivity contribution < 1.29 is 14.3 Å². The molecule has 4 nitrogen and oxygen atoms in total. The third kappa shape index (κ3) is 3.35. The summed E-state index contributed by atoms with van der Waals surface area (Å²) in [5.41, 5.74) is 0.690. The second-order valence-corrected chi connectivity index (χ2v) is 5.23. The molecule has 0 atom stereocenters. The van der Waals surface area contributed by atoms with E-state index in [2.05, 4.69) is 26.7 Å². The molecular weight excluding hydrogens is 358 g/mol. The summed E-state index contributed by atoms with van der Waals surface area (Å²) in [5, 5.41) is 9.39. The molecule has 106 valence electrons. The SMILES string of the molecule is COC(=O)c1ccc(Oc2cccc(Br)c2C#N)c(Cl)c1. The average Bonchev–Trinajstić information content (AvgIpc) is 2.48. The number of benzene rings is 2. The summed E-state index contributed by atoms with van der Waals surface area (Å²) in [4.78, 5) is 11.4. The van der Waals surface area contributed by atoms with Crippen molar-refractivity contribution in [1.82, 2.24) is 0 Å². The topological polar surface area (TPSA) is 59.3 Å². The molecule has 0 N–H and O–H groups in total. The molecule has 0 fully saturated rings. The lowest BCUT2D eigenvalue weighted by Gasteiger charge is -2.10. The normalized spacial score (nSPS) is 9.81. The summed E-state index contributed by atoms with van der Waals surface area (Å²) in [5.74, 6) is 0.238. The molecule has 0 spiro atoms. The van der Waals surface area contributed by atoms with Crippen molar-refractivity contribution in [3.63, 3.8) is 0 Å². The van der Waals surface area contributed by atoms with Gasteiger partial charge in [0.1, 0.15) is 23.1 Å². The Morgan fingerprint density at radius 3 is 2.67 bits per heavy atom. The summed E-state index contributed by atoms with van der Waals surface area (Å²) in [6.45, 7) is 0. The van der Waals surface area contributed by atoms with Crippen LogP contribution in [0.15, 0.2) is 40.9 Å². The molecule has 0 saturated carbocycles. The Labute approximate surface area is 135 Å². The van der Waals surface area contributed by atoms with Gasteiger partial charge in [-0.3, -0.25) is 0 Å². The molecule has 0 aliphatic heterocycles. The molecule has 0 aliphatic rings. The van der Waals surface area contributed by atoms with Gasteiger partial charge < -0.3 is 9.47 Å². The highest BCUT2D eigenvalue weighted by Crippen LogP contribution is 2.34. The van der Waals surface area contributed by atoms with Crippen LogP contribution in [0.2, 0.25) is 5.02 Å². The van der Waals surface area contributed by atoms with E-state index in [1.807, 2.05) is 0 Å². The number of carbonyl (C=O) groups excluding carboxylic acids is 1. The quantitative estimate of drug-likeness (QED) is 0.748. The molecule has 0 aliphatic carbocycles. The van der Waals surface area contributed by atoms with Gasteiger partial charge in [0.15, 0.2) is 0 Å². The number of methoxy groups -OCH3 is 1. The number of esters is 1. The van der Waals surface area contributed by atoms with E-state index in [-0.39, 0.29) is 5.02 Å². The number of nitrogens with zero attached hydrogens (tertiary/aromatic N) is 1. The molecule has 2 aromatic carbocycles. The minimum atomic E-state index is -0.483. The Bertz CT molecular complexity index is 740. The van der Waals surface area contributed by atoms with Gasteiger partial charge in [0, 0.05) is 4.47 Å². The number of halogens is 2. The number of ether oxygens (including phenoxy) is 2. The summed E-state index contributed by atoms with van der Waals surface area (Å²) < 4.78 is 10.9. The van der Waals surface area contributed by atoms with Crippen LogP contribution >= 0.6 is 27.5 Å². The maximum atomic E-state index is 11.4. The minimum absolute atomic E-state index is 0.252. The van der Waals surface area contributed by atoms with E-state index in [1.165, 1.54) is 19.2 Å². The van der Waals surface area contributed by atoms with E-state index in [1.54, 1.807) is 24.3 Å². The van der Waals surface area contributed by atoms with Crippen molar-refractivity contribution in [3.05, 3.63) is 57.0 Å². The van der Waals surface area contributed by atoms with Crippen LogP contribution in [-0.4, -0.2) is 13.1 Å². The summed E-state index contributed by atoms with van der Waals surface area (Å²) in [7, 11) is 1.29. The highest BCUT2D eigenvalue weighted by Gasteiger charge is 2.13. The first kappa shape index (κ1) is 15.4. The Morgan fingerprint density at radius 1 is 1.29 bits per heavy atom. The van der Waals surface area contributed by atoms with Crippen molar-refractivity contribution in [2.45, 2.75) is 0 Å². The molecule has 0 radical (unpaired) electrons. The van der Waals surface area contributed by atoms with E-state index in [4.69, 9.17) is 21.6 Å². The highest BCUT2D eigenvalue weighted by molar-refractivity contribution is 9.10. The van der Waals surface area contributed by atoms with E-state index < -0.39 is 5.97 Å². The largest absolute Gasteiger partial charge is 0.465 e. The fourth-order valence-corrected chi connectivity index (χ4v) is 2.30. The standard InChI is InChI=1S/C15H9BrClNO3/c1-20-15(19)9-5-6-14(12(17)7-9)21-13-4-2-3-11(16)10(13)8-18/h2-7H,1H3. The maximum Gasteiger partial charge on any atom is 0.337 e. The van der Waals surface area contributed by atoms with Gasteiger partial charge >= 0.3 is 5.97 Å². The molecule has 0 unspecified atom stereocenters. The molecule has 2 rings (SSSR count). The second-order valence-electron chi connectivity index (χ2n) is 3.96. The van der Waals surface area contributed by atoms with Gasteiger partial charge in [0.2, 0.25) is 0 Å². The Balaban J connectivity index is 2.35. The van der Waals surface area contributed by atoms with Crippen LogP contribution in [0.25, 0.3) is 0 Å². The maximum absolute atomic E-state index is 11.4. The van der Waals surface area contributed by atoms with Crippen molar-refractivity contribution in [2.75, 3.05) is 7.11 Å². The van der Waals surface area contributed by atoms with Crippen molar-refractivity contribution >= 4 is 33.5 Å². The van der Waals surface area contributed by atoms with E-state index in [9.17, 15) is 4.79 Å². The lowest BCUT2D eigenvalue weighted by atomic mass is 10.2. The third-order valence-corrected chi connectivity index (χ3v) is 3.62. The first-order valence-electron chi connectivity index (χ1n) is 5.81. The van der Waals surface area contributed by atoms with E-state index in [0.717, 1.165) is 0 Å². The third-order valence-electron chi connectivity index (χ3n) is 2.66. The molecular formula is C15H9BrClNO3. The van der Waals surface area contributed by atoms with Crippen molar-refractivity contribution in [1.29, 1.82) is 5.26 Å². The number of hydrogen-bond donors (Lipinski definition) is 0. The summed E-state index contributed by atoms with van der Waals surface area (Å²) in [6.07, 6.45) is 0. The fraction of sp³-hybridized carbons (Fsp3) is 0.0667. The van der Waals surface area contributed by atoms with Gasteiger partial charge in [-0.15, -0.1) is 0 Å². The van der Waals surface area contributed by atoms with Crippen LogP contribution in [0.3, 0.4) is 0 Å². The van der Waals surface area contributed by atoms with Crippen LogP contribution in [0, 0.1) is 11.3 Å². The monoisotopic (exact) mass is 365 g/mol. The van der Waals surface area contributed by atoms with Crippen molar-refractivity contribution in [2.24, 2.45) is 0 Å². The molecule has 21 heavy (non-hydrogen) atoms. The molecule has 0 saturated heterocycles. The predicted molar refractivity (Wildman–Crippen MR) is 81.7 cm³/mol. The Morgan fingerprint density at radius 2 is 2.05 bits per heavy atom. The molecule has 2 aromatic rings. The molecule has 6 heteroatoms. The Kier molecular flexibility index (Phi) is 4.84. The van der Waals surface area contributed by atoms with Crippen molar-refractivity contribution in [3.8, 4) is 17.6 Å². The van der Waals surface area contributed by atoms with Crippen LogP contribution in [0.5, 0.6) is 11.5 Å². The Hall–Kier alpha value is -2.03. The number of hydrogen-bond acceptors (Lipinski definition) is 4. The summed E-state index contributed by atoms with van der Waals surface area (Å²) in [6, 6.07) is 11.7. The smallest absolute Gasteiger partial charge is 0.337 e. The van der Waals surface area contributed by atoms with Crippen LogP contribution in [-0.2, 0) is 4.74 Å². The van der Waals surface area contributed by atoms with Gasteiger partial charge in [-0.2, -0.15) is 5.26 Å². The van der Waals surface area contributed by atoms with Gasteiger partial charge in [-0.05, 0) is 46.3 Å². The second kappa shape index (κ2) is 6.61. The highest BCUT2D eigenvalue weighted by atomic mass is 79.9. The molecule has 0 aromatic heterocycles. The fourth-order valence-electron chi connectivity index (χ4n) is 1.64. The van der Waals surface area contributed by atoms with Crippen LogP contribution in [0.4, 0.5) is 0 Å². The van der Waals surface area contributed by atoms with E-state index in [0.29, 0.717) is 27.1 Å². The predicted octanol–water partition coefficient (Wildman–Crippen LogP) is 4.55. The zero-order valence-corrected chi connectivity index (χ0v) is 13.2. The van der Waals surface area contributed by atoms with Gasteiger partial charge in [-0.25, -0.2) is 4.79 Å². The first-order chi connectivity index (χ1) is 10.1. The van der Waals surface area contributed by atoms with Crippen LogP contribution in [0.1, 0.15) is 15.9 Å². The zero-order chi connectivity index (χ0) is 15.4. The minimum Gasteiger partial charge on any atom is -0.465 e. The lowest BCUT2D eigenvalue weighted by molar-refractivity contribution is 0.0600. The summed E-state index contributed by atoms with van der Waals surface area (Å²) >= 11 is 9.37. The first-order valence-corrected chi connectivity index (χ1v) is 6.98. The number of carbonyl (C=O) groups is 1. The average molecular weight is 367 g/mol. The van der Waals surface area contributed by atoms with Crippen LogP contribution < -0.4 is 4.74 Å². The van der Waals surface area contributed by atoms with Gasteiger partial charge in [-0.1, -0.05) is 17.7 Å². The molecule has 0 heterocycles. The van der Waals surface area contributed by atoms with E-state index >= 15 is 0 Å². The molecule has 0 bridgehead atoms. The zero-order valence-electron chi connectivity index (χ0n) is 10.9. The van der Waals surface area contributed by atoms with Gasteiger partial charge in [0.25, 0.3) is 0 Å². The number of rotatable bonds is 3. The number of nitriles is 1. The molecule has 0 amide bonds.